The Morgan fingerprint density at radius 1 is 1.41 bits per heavy atom. The van der Waals surface area contributed by atoms with Crippen molar-refractivity contribution in [2.24, 2.45) is 0 Å². The fourth-order valence-electron chi connectivity index (χ4n) is 2.06. The number of carbonyl (C=O) groups excluding carboxylic acids is 1. The number of thioether (sulfide) groups is 1. The van der Waals surface area contributed by atoms with Crippen molar-refractivity contribution >= 4 is 44.9 Å². The van der Waals surface area contributed by atoms with Crippen molar-refractivity contribution < 1.29 is 4.79 Å². The summed E-state index contributed by atoms with van der Waals surface area (Å²) in [6.07, 6.45) is 0. The predicted molar refractivity (Wildman–Crippen MR) is 79.2 cm³/mol. The lowest BCUT2D eigenvalue weighted by molar-refractivity contribution is 0.0758. The number of nitrogens with zero attached hydrogens (tertiary/aromatic N) is 1. The van der Waals surface area contributed by atoms with Crippen molar-refractivity contribution in [3.63, 3.8) is 0 Å². The van der Waals surface area contributed by atoms with Gasteiger partial charge in [0.05, 0.1) is 8.66 Å². The molecule has 0 bridgehead atoms. The number of hydrogen-bond donors (Lipinski definition) is 0. The van der Waals surface area contributed by atoms with E-state index in [1.165, 1.54) is 11.3 Å². The first kappa shape index (κ1) is 13.4. The summed E-state index contributed by atoms with van der Waals surface area (Å²) in [4.78, 5) is 15.2. The second-order valence-corrected chi connectivity index (χ2v) is 8.79. The van der Waals surface area contributed by atoms with Gasteiger partial charge >= 0.3 is 0 Å². The highest BCUT2D eigenvalue weighted by atomic mass is 79.9. The molecule has 1 amide bonds. The van der Waals surface area contributed by atoms with Crippen LogP contribution in [0.25, 0.3) is 0 Å². The van der Waals surface area contributed by atoms with E-state index in [2.05, 4.69) is 29.8 Å². The maximum absolute atomic E-state index is 12.4. The largest absolute Gasteiger partial charge is 0.336 e. The van der Waals surface area contributed by atoms with E-state index in [0.717, 1.165) is 27.3 Å². The Bertz CT molecular complexity index is 403. The lowest BCUT2D eigenvalue weighted by Gasteiger charge is -2.34. The highest BCUT2D eigenvalue weighted by molar-refractivity contribution is 9.11. The Kier molecular flexibility index (Phi) is 4.21. The fourth-order valence-corrected chi connectivity index (χ4v) is 4.89. The highest BCUT2D eigenvalue weighted by Gasteiger charge is 2.27. The molecule has 2 atom stereocenters. The number of aryl methyl sites for hydroxylation is 1. The van der Waals surface area contributed by atoms with E-state index in [9.17, 15) is 4.79 Å². The quantitative estimate of drug-likeness (QED) is 0.779. The topological polar surface area (TPSA) is 20.3 Å². The molecular weight excluding hydrogens is 318 g/mol. The SMILES string of the molecule is Cc1cc(C(=O)N2CC(C)SC(C)C2)sc1Br. The highest BCUT2D eigenvalue weighted by Crippen LogP contribution is 2.30. The fraction of sp³-hybridized carbons (Fsp3) is 0.583. The molecule has 0 radical (unpaired) electrons. The molecule has 1 aromatic rings. The molecule has 0 aliphatic carbocycles. The molecule has 2 unspecified atom stereocenters. The van der Waals surface area contributed by atoms with Gasteiger partial charge in [0, 0.05) is 23.6 Å². The molecular formula is C12H16BrNOS2. The second kappa shape index (κ2) is 5.33. The Morgan fingerprint density at radius 3 is 2.47 bits per heavy atom. The van der Waals surface area contributed by atoms with E-state index in [4.69, 9.17) is 0 Å². The van der Waals surface area contributed by atoms with E-state index >= 15 is 0 Å². The molecule has 0 saturated carbocycles. The normalized spacial score (nSPS) is 25.1. The van der Waals surface area contributed by atoms with Crippen LogP contribution in [0.5, 0.6) is 0 Å². The summed E-state index contributed by atoms with van der Waals surface area (Å²) in [5.74, 6) is 0.183. The van der Waals surface area contributed by atoms with E-state index < -0.39 is 0 Å². The first-order chi connectivity index (χ1) is 7.97. The Balaban J connectivity index is 2.14. The van der Waals surface area contributed by atoms with Crippen LogP contribution < -0.4 is 0 Å². The standard InChI is InChI=1S/C12H16BrNOS2/c1-7-4-10(17-11(7)13)12(15)14-5-8(2)16-9(3)6-14/h4,8-9H,5-6H2,1-3H3. The van der Waals surface area contributed by atoms with Gasteiger partial charge in [-0.25, -0.2) is 0 Å². The maximum Gasteiger partial charge on any atom is 0.264 e. The van der Waals surface area contributed by atoms with Crippen LogP contribution in [0.3, 0.4) is 0 Å². The van der Waals surface area contributed by atoms with Crippen molar-refractivity contribution in [2.75, 3.05) is 13.1 Å². The molecule has 94 valence electrons. The van der Waals surface area contributed by atoms with E-state index in [1.807, 2.05) is 29.7 Å². The second-order valence-electron chi connectivity index (χ2n) is 4.53. The summed E-state index contributed by atoms with van der Waals surface area (Å²) in [6.45, 7) is 8.13. The zero-order valence-electron chi connectivity index (χ0n) is 10.2. The van der Waals surface area contributed by atoms with Gasteiger partial charge in [-0.2, -0.15) is 11.8 Å². The van der Waals surface area contributed by atoms with Gasteiger partial charge in [-0.1, -0.05) is 13.8 Å². The van der Waals surface area contributed by atoms with Crippen molar-refractivity contribution in [2.45, 2.75) is 31.3 Å². The monoisotopic (exact) mass is 333 g/mol. The number of thiophene rings is 1. The first-order valence-corrected chi connectivity index (χ1v) is 8.23. The van der Waals surface area contributed by atoms with Crippen molar-refractivity contribution in [3.05, 3.63) is 20.3 Å². The van der Waals surface area contributed by atoms with Gasteiger partial charge in [-0.05, 0) is 34.5 Å². The Morgan fingerprint density at radius 2 is 2.00 bits per heavy atom. The van der Waals surface area contributed by atoms with Crippen LogP contribution in [-0.2, 0) is 0 Å². The molecule has 2 nitrogen and oxygen atoms in total. The molecule has 0 spiro atoms. The van der Waals surface area contributed by atoms with Crippen LogP contribution in [-0.4, -0.2) is 34.4 Å². The summed E-state index contributed by atoms with van der Waals surface area (Å²) in [5, 5.41) is 1.07. The zero-order chi connectivity index (χ0) is 12.6. The first-order valence-electron chi connectivity index (χ1n) is 5.68. The minimum Gasteiger partial charge on any atom is -0.336 e. The Hall–Kier alpha value is 0. The summed E-state index contributed by atoms with van der Waals surface area (Å²) >= 11 is 6.98. The van der Waals surface area contributed by atoms with Crippen LogP contribution in [0.4, 0.5) is 0 Å². The minimum atomic E-state index is 0.183. The number of rotatable bonds is 1. The smallest absolute Gasteiger partial charge is 0.264 e. The van der Waals surface area contributed by atoms with Gasteiger partial charge in [-0.3, -0.25) is 4.79 Å². The molecule has 2 rings (SSSR count). The van der Waals surface area contributed by atoms with Gasteiger partial charge in [0.2, 0.25) is 0 Å². The van der Waals surface area contributed by atoms with E-state index in [0.29, 0.717) is 10.5 Å². The van der Waals surface area contributed by atoms with Gasteiger partial charge in [0.25, 0.3) is 5.91 Å². The van der Waals surface area contributed by atoms with Crippen LogP contribution in [0.2, 0.25) is 0 Å². The van der Waals surface area contributed by atoms with Gasteiger partial charge < -0.3 is 4.90 Å². The number of amides is 1. The molecule has 0 aromatic carbocycles. The molecule has 1 aliphatic heterocycles. The molecule has 5 heteroatoms. The van der Waals surface area contributed by atoms with E-state index in [-0.39, 0.29) is 5.91 Å². The third-order valence-electron chi connectivity index (χ3n) is 2.77. The van der Waals surface area contributed by atoms with Gasteiger partial charge in [0.1, 0.15) is 0 Å². The lowest BCUT2D eigenvalue weighted by atomic mass is 10.3. The van der Waals surface area contributed by atoms with Gasteiger partial charge in [0.15, 0.2) is 0 Å². The molecule has 1 fully saturated rings. The van der Waals surface area contributed by atoms with Crippen molar-refractivity contribution in [1.82, 2.24) is 4.90 Å². The van der Waals surface area contributed by atoms with Crippen molar-refractivity contribution in [3.8, 4) is 0 Å². The number of carbonyl (C=O) groups is 1. The lowest BCUT2D eigenvalue weighted by Crippen LogP contribution is -2.43. The molecule has 17 heavy (non-hydrogen) atoms. The van der Waals surface area contributed by atoms with Crippen LogP contribution in [0.15, 0.2) is 9.85 Å². The molecule has 0 N–H and O–H groups in total. The number of hydrogen-bond acceptors (Lipinski definition) is 3. The molecule has 1 saturated heterocycles. The predicted octanol–water partition coefficient (Wildman–Crippen LogP) is 3.79. The molecule has 2 heterocycles. The van der Waals surface area contributed by atoms with Crippen LogP contribution in [0.1, 0.15) is 29.1 Å². The van der Waals surface area contributed by atoms with Gasteiger partial charge in [-0.15, -0.1) is 11.3 Å². The van der Waals surface area contributed by atoms with E-state index in [1.54, 1.807) is 0 Å². The minimum absolute atomic E-state index is 0.183. The van der Waals surface area contributed by atoms with Crippen LogP contribution in [0, 0.1) is 6.92 Å². The molecule has 1 aromatic heterocycles. The zero-order valence-corrected chi connectivity index (χ0v) is 13.4. The third kappa shape index (κ3) is 3.06. The third-order valence-corrected chi connectivity index (χ3v) is 6.13. The summed E-state index contributed by atoms with van der Waals surface area (Å²) in [6, 6.07) is 1.98. The van der Waals surface area contributed by atoms with Crippen molar-refractivity contribution in [1.29, 1.82) is 0 Å². The maximum atomic E-state index is 12.4. The summed E-state index contributed by atoms with van der Waals surface area (Å²) in [7, 11) is 0. The summed E-state index contributed by atoms with van der Waals surface area (Å²) in [5.41, 5.74) is 1.14. The average Bonchev–Trinajstić information content (AvgIpc) is 2.57. The average molecular weight is 334 g/mol. The van der Waals surface area contributed by atoms with Crippen LogP contribution >= 0.6 is 39.0 Å². The Labute approximate surface area is 119 Å². The summed E-state index contributed by atoms with van der Waals surface area (Å²) < 4.78 is 1.06. The molecule has 1 aliphatic rings. The number of halogens is 1.